The SMILES string of the molecule is C=C(C)C(=O)C(O)C(CO)(CO)CO. The average Bonchev–Trinajstić information content (AvgIpc) is 2.19. The number of hydrogen-bond acceptors (Lipinski definition) is 5. The first-order valence-electron chi connectivity index (χ1n) is 4.15. The largest absolute Gasteiger partial charge is 0.395 e. The number of aliphatic hydroxyl groups is 4. The fraction of sp³-hybridized carbons (Fsp3) is 0.667. The van der Waals surface area contributed by atoms with Crippen molar-refractivity contribution >= 4 is 5.78 Å². The lowest BCUT2D eigenvalue weighted by molar-refractivity contribution is -0.140. The van der Waals surface area contributed by atoms with Crippen molar-refractivity contribution in [1.29, 1.82) is 0 Å². The summed E-state index contributed by atoms with van der Waals surface area (Å²) in [5, 5.41) is 36.3. The number of ketones is 1. The molecule has 0 aromatic carbocycles. The maximum atomic E-state index is 11.3. The molecule has 14 heavy (non-hydrogen) atoms. The summed E-state index contributed by atoms with van der Waals surface area (Å²) in [5.74, 6) is -0.692. The van der Waals surface area contributed by atoms with Gasteiger partial charge >= 0.3 is 0 Å². The molecule has 0 aliphatic heterocycles. The third kappa shape index (κ3) is 2.39. The van der Waals surface area contributed by atoms with Gasteiger partial charge in [-0.1, -0.05) is 6.58 Å². The van der Waals surface area contributed by atoms with Crippen LogP contribution in [0.15, 0.2) is 12.2 Å². The fourth-order valence-corrected chi connectivity index (χ4v) is 0.921. The minimum atomic E-state index is -1.64. The molecule has 0 heterocycles. The zero-order valence-corrected chi connectivity index (χ0v) is 8.10. The fourth-order valence-electron chi connectivity index (χ4n) is 0.921. The summed E-state index contributed by atoms with van der Waals surface area (Å²) in [6.45, 7) is 2.70. The van der Waals surface area contributed by atoms with E-state index in [2.05, 4.69) is 6.58 Å². The highest BCUT2D eigenvalue weighted by atomic mass is 16.3. The van der Waals surface area contributed by atoms with Crippen molar-refractivity contribution in [3.05, 3.63) is 12.2 Å². The van der Waals surface area contributed by atoms with Crippen LogP contribution in [-0.2, 0) is 4.79 Å². The van der Waals surface area contributed by atoms with Gasteiger partial charge in [0.25, 0.3) is 0 Å². The zero-order chi connectivity index (χ0) is 11.4. The molecule has 0 saturated heterocycles. The van der Waals surface area contributed by atoms with Gasteiger partial charge in [-0.2, -0.15) is 0 Å². The summed E-state index contributed by atoms with van der Waals surface area (Å²) in [6.07, 6.45) is -1.64. The van der Waals surface area contributed by atoms with E-state index in [0.29, 0.717) is 0 Å². The molecule has 0 rings (SSSR count). The summed E-state index contributed by atoms with van der Waals surface area (Å²) >= 11 is 0. The quantitative estimate of drug-likeness (QED) is 0.393. The van der Waals surface area contributed by atoms with Crippen LogP contribution in [0.3, 0.4) is 0 Å². The normalized spacial score (nSPS) is 13.8. The molecule has 0 fully saturated rings. The molecule has 0 spiro atoms. The van der Waals surface area contributed by atoms with Gasteiger partial charge in [-0.25, -0.2) is 0 Å². The maximum Gasteiger partial charge on any atom is 0.187 e. The second-order valence-electron chi connectivity index (χ2n) is 3.38. The van der Waals surface area contributed by atoms with Crippen LogP contribution in [-0.4, -0.2) is 52.1 Å². The number of hydrogen-bond donors (Lipinski definition) is 4. The molecular formula is C9H16O5. The van der Waals surface area contributed by atoms with Crippen LogP contribution in [0.1, 0.15) is 6.92 Å². The number of carbonyl (C=O) groups excluding carboxylic acids is 1. The van der Waals surface area contributed by atoms with E-state index >= 15 is 0 Å². The Kier molecular flexibility index (Phi) is 4.93. The predicted molar refractivity (Wildman–Crippen MR) is 49.5 cm³/mol. The number of aliphatic hydroxyl groups excluding tert-OH is 4. The topological polar surface area (TPSA) is 98.0 Å². The van der Waals surface area contributed by atoms with Crippen LogP contribution in [0.5, 0.6) is 0 Å². The van der Waals surface area contributed by atoms with E-state index in [4.69, 9.17) is 15.3 Å². The van der Waals surface area contributed by atoms with Crippen LogP contribution >= 0.6 is 0 Å². The van der Waals surface area contributed by atoms with E-state index < -0.39 is 37.1 Å². The summed E-state index contributed by atoms with van der Waals surface area (Å²) in [5.41, 5.74) is -1.49. The average molecular weight is 204 g/mol. The van der Waals surface area contributed by atoms with Crippen molar-refractivity contribution in [2.45, 2.75) is 13.0 Å². The highest BCUT2D eigenvalue weighted by molar-refractivity contribution is 5.98. The van der Waals surface area contributed by atoms with Gasteiger partial charge in [-0.3, -0.25) is 4.79 Å². The number of Topliss-reactive ketones (excluding diaryl/α,β-unsaturated/α-hetero) is 1. The molecule has 0 aromatic rings. The molecule has 4 N–H and O–H groups in total. The number of rotatable bonds is 6. The van der Waals surface area contributed by atoms with Gasteiger partial charge in [0.15, 0.2) is 5.78 Å². The molecule has 0 amide bonds. The molecule has 0 aliphatic carbocycles. The van der Waals surface area contributed by atoms with Gasteiger partial charge in [0.1, 0.15) is 6.10 Å². The Labute approximate surface area is 82.3 Å². The van der Waals surface area contributed by atoms with Crippen molar-refractivity contribution in [1.82, 2.24) is 0 Å². The van der Waals surface area contributed by atoms with Crippen LogP contribution in [0.25, 0.3) is 0 Å². The van der Waals surface area contributed by atoms with E-state index in [1.807, 2.05) is 0 Å². The zero-order valence-electron chi connectivity index (χ0n) is 8.10. The molecule has 0 bridgehead atoms. The summed E-state index contributed by atoms with van der Waals surface area (Å²) in [7, 11) is 0. The third-order valence-corrected chi connectivity index (χ3v) is 2.19. The lowest BCUT2D eigenvalue weighted by Crippen LogP contribution is -2.49. The lowest BCUT2D eigenvalue weighted by atomic mass is 9.81. The molecule has 1 atom stereocenters. The highest BCUT2D eigenvalue weighted by Gasteiger charge is 2.40. The van der Waals surface area contributed by atoms with Gasteiger partial charge in [0.2, 0.25) is 0 Å². The van der Waals surface area contributed by atoms with E-state index in [1.54, 1.807) is 0 Å². The van der Waals surface area contributed by atoms with Gasteiger partial charge in [-0.15, -0.1) is 0 Å². The van der Waals surface area contributed by atoms with Gasteiger partial charge in [0.05, 0.1) is 25.2 Å². The predicted octanol–water partition coefficient (Wildman–Crippen LogP) is -1.54. The first-order valence-corrected chi connectivity index (χ1v) is 4.15. The molecule has 5 heteroatoms. The Hall–Kier alpha value is -0.750. The smallest absolute Gasteiger partial charge is 0.187 e. The van der Waals surface area contributed by atoms with E-state index in [1.165, 1.54) is 6.92 Å². The maximum absolute atomic E-state index is 11.3. The molecular weight excluding hydrogens is 188 g/mol. The van der Waals surface area contributed by atoms with Crippen molar-refractivity contribution in [2.24, 2.45) is 5.41 Å². The Morgan fingerprint density at radius 1 is 1.29 bits per heavy atom. The summed E-state index contributed by atoms with van der Waals surface area (Å²) < 4.78 is 0. The number of carbonyl (C=O) groups is 1. The first kappa shape index (κ1) is 13.2. The Morgan fingerprint density at radius 2 is 1.64 bits per heavy atom. The van der Waals surface area contributed by atoms with Gasteiger partial charge in [0, 0.05) is 0 Å². The Morgan fingerprint density at radius 3 is 1.86 bits per heavy atom. The van der Waals surface area contributed by atoms with Crippen molar-refractivity contribution in [3.63, 3.8) is 0 Å². The molecule has 0 aromatic heterocycles. The van der Waals surface area contributed by atoms with E-state index in [9.17, 15) is 9.90 Å². The third-order valence-electron chi connectivity index (χ3n) is 2.19. The Balaban J connectivity index is 4.84. The van der Waals surface area contributed by atoms with Crippen LogP contribution in [0.4, 0.5) is 0 Å². The van der Waals surface area contributed by atoms with Gasteiger partial charge < -0.3 is 20.4 Å². The van der Waals surface area contributed by atoms with E-state index in [0.717, 1.165) is 0 Å². The Bertz CT molecular complexity index is 211. The molecule has 0 radical (unpaired) electrons. The molecule has 0 saturated carbocycles. The minimum Gasteiger partial charge on any atom is -0.395 e. The minimum absolute atomic E-state index is 0.109. The molecule has 1 unspecified atom stereocenters. The van der Waals surface area contributed by atoms with Crippen molar-refractivity contribution < 1.29 is 25.2 Å². The lowest BCUT2D eigenvalue weighted by Gasteiger charge is -2.31. The molecule has 0 aliphatic rings. The summed E-state index contributed by atoms with van der Waals surface area (Å²) in [4.78, 5) is 11.3. The van der Waals surface area contributed by atoms with Crippen molar-refractivity contribution in [2.75, 3.05) is 19.8 Å². The van der Waals surface area contributed by atoms with Crippen molar-refractivity contribution in [3.8, 4) is 0 Å². The van der Waals surface area contributed by atoms with E-state index in [-0.39, 0.29) is 5.57 Å². The molecule has 5 nitrogen and oxygen atoms in total. The van der Waals surface area contributed by atoms with Crippen LogP contribution < -0.4 is 0 Å². The second-order valence-corrected chi connectivity index (χ2v) is 3.38. The van der Waals surface area contributed by atoms with Crippen LogP contribution in [0.2, 0.25) is 0 Å². The monoisotopic (exact) mass is 204 g/mol. The standard InChI is InChI=1S/C9H16O5/c1-6(2)7(13)8(14)9(3-10,4-11)5-12/h8,10-12,14H,1,3-5H2,2H3. The second kappa shape index (κ2) is 5.21. The molecule has 82 valence electrons. The van der Waals surface area contributed by atoms with Crippen LogP contribution in [0, 0.1) is 5.41 Å². The first-order chi connectivity index (χ1) is 6.45. The van der Waals surface area contributed by atoms with Gasteiger partial charge in [-0.05, 0) is 12.5 Å². The highest BCUT2D eigenvalue weighted by Crippen LogP contribution is 2.22. The summed E-state index contributed by atoms with van der Waals surface area (Å²) in [6, 6.07) is 0.